The molecular formula is C13H22N4O3. The second kappa shape index (κ2) is 6.58. The molecule has 0 unspecified atom stereocenters. The minimum atomic E-state index is -0.528. The first-order valence-corrected chi connectivity index (χ1v) is 7.21. The zero-order valence-corrected chi connectivity index (χ0v) is 11.6. The Morgan fingerprint density at radius 3 is 2.35 bits per heavy atom. The van der Waals surface area contributed by atoms with Gasteiger partial charge in [-0.1, -0.05) is 0 Å². The van der Waals surface area contributed by atoms with E-state index in [4.69, 9.17) is 5.73 Å². The number of nitrogens with one attached hydrogen (secondary N) is 1. The molecule has 0 spiro atoms. The molecule has 2 heterocycles. The molecule has 1 atom stereocenters. The number of piperidine rings is 1. The average Bonchev–Trinajstić information content (AvgIpc) is 2.98. The van der Waals surface area contributed by atoms with Gasteiger partial charge in [0.25, 0.3) is 0 Å². The van der Waals surface area contributed by atoms with Crippen LogP contribution in [0.4, 0.5) is 4.79 Å². The van der Waals surface area contributed by atoms with Crippen LogP contribution in [0.3, 0.4) is 0 Å². The summed E-state index contributed by atoms with van der Waals surface area (Å²) >= 11 is 0. The van der Waals surface area contributed by atoms with Gasteiger partial charge in [0.2, 0.25) is 11.8 Å². The molecule has 20 heavy (non-hydrogen) atoms. The van der Waals surface area contributed by atoms with Crippen molar-refractivity contribution in [3.63, 3.8) is 0 Å². The Morgan fingerprint density at radius 1 is 1.05 bits per heavy atom. The van der Waals surface area contributed by atoms with Crippen molar-refractivity contribution >= 4 is 17.8 Å². The van der Waals surface area contributed by atoms with Crippen LogP contribution in [0, 0.1) is 0 Å². The molecule has 0 saturated carbocycles. The Kier molecular flexibility index (Phi) is 4.81. The predicted molar refractivity (Wildman–Crippen MR) is 72.8 cm³/mol. The van der Waals surface area contributed by atoms with Crippen LogP contribution in [0.1, 0.15) is 32.1 Å². The van der Waals surface area contributed by atoms with Gasteiger partial charge in [-0.25, -0.2) is 4.79 Å². The lowest BCUT2D eigenvalue weighted by Gasteiger charge is -2.33. The molecule has 2 aliphatic heterocycles. The van der Waals surface area contributed by atoms with E-state index in [9.17, 15) is 14.4 Å². The first-order chi connectivity index (χ1) is 9.59. The third kappa shape index (κ3) is 3.40. The van der Waals surface area contributed by atoms with Crippen molar-refractivity contribution in [3.05, 3.63) is 0 Å². The van der Waals surface area contributed by atoms with E-state index in [-0.39, 0.29) is 18.5 Å². The average molecular weight is 282 g/mol. The summed E-state index contributed by atoms with van der Waals surface area (Å²) in [6.45, 7) is 1.95. The highest BCUT2D eigenvalue weighted by atomic mass is 16.2. The molecule has 2 saturated heterocycles. The fraction of sp³-hybridized carbons (Fsp3) is 0.769. The number of primary amides is 1. The van der Waals surface area contributed by atoms with Crippen LogP contribution >= 0.6 is 0 Å². The lowest BCUT2D eigenvalue weighted by atomic mass is 10.0. The molecule has 7 heteroatoms. The summed E-state index contributed by atoms with van der Waals surface area (Å²) in [5.41, 5.74) is 5.32. The molecule has 0 aromatic rings. The monoisotopic (exact) mass is 282 g/mol. The van der Waals surface area contributed by atoms with Crippen molar-refractivity contribution in [2.45, 2.75) is 38.1 Å². The number of amides is 4. The van der Waals surface area contributed by atoms with Gasteiger partial charge in [0.05, 0.1) is 6.54 Å². The number of carbonyl (C=O) groups is 3. The second-order valence-corrected chi connectivity index (χ2v) is 5.35. The molecule has 7 nitrogen and oxygen atoms in total. The van der Waals surface area contributed by atoms with Gasteiger partial charge in [0.1, 0.15) is 6.04 Å². The summed E-state index contributed by atoms with van der Waals surface area (Å²) in [6.07, 6.45) is 4.41. The zero-order chi connectivity index (χ0) is 14.5. The van der Waals surface area contributed by atoms with E-state index in [1.807, 2.05) is 0 Å². The first kappa shape index (κ1) is 14.6. The standard InChI is InChI=1S/C13H22N4O3/c14-12(19)10-5-1-2-8-17(10)11(18)9-15-13(20)16-6-3-4-7-16/h10H,1-9H2,(H2,14,19)(H,15,20)/t10-/m0/s1. The second-order valence-electron chi connectivity index (χ2n) is 5.35. The fourth-order valence-electron chi connectivity index (χ4n) is 2.81. The number of nitrogens with zero attached hydrogens (tertiary/aromatic N) is 2. The topological polar surface area (TPSA) is 95.7 Å². The van der Waals surface area contributed by atoms with Gasteiger partial charge in [0.15, 0.2) is 0 Å². The maximum atomic E-state index is 12.1. The lowest BCUT2D eigenvalue weighted by Crippen LogP contribution is -2.53. The SMILES string of the molecule is NC(=O)[C@@H]1CCCCN1C(=O)CNC(=O)N1CCCC1. The van der Waals surface area contributed by atoms with E-state index in [1.54, 1.807) is 4.90 Å². The highest BCUT2D eigenvalue weighted by Gasteiger charge is 2.30. The van der Waals surface area contributed by atoms with Gasteiger partial charge in [-0.05, 0) is 32.1 Å². The van der Waals surface area contributed by atoms with Crippen molar-refractivity contribution in [1.29, 1.82) is 0 Å². The predicted octanol–water partition coefficient (Wildman–Crippen LogP) is -0.342. The van der Waals surface area contributed by atoms with Crippen molar-refractivity contribution in [1.82, 2.24) is 15.1 Å². The minimum absolute atomic E-state index is 0.0703. The van der Waals surface area contributed by atoms with E-state index in [2.05, 4.69) is 5.32 Å². The van der Waals surface area contributed by atoms with Crippen molar-refractivity contribution < 1.29 is 14.4 Å². The summed E-state index contributed by atoms with van der Waals surface area (Å²) in [5.74, 6) is -0.704. The van der Waals surface area contributed by atoms with Gasteiger partial charge in [0, 0.05) is 19.6 Å². The molecular weight excluding hydrogens is 260 g/mol. The van der Waals surface area contributed by atoms with Crippen molar-refractivity contribution in [2.75, 3.05) is 26.2 Å². The number of likely N-dealkylation sites (tertiary alicyclic amines) is 2. The van der Waals surface area contributed by atoms with E-state index >= 15 is 0 Å². The number of carbonyl (C=O) groups excluding carboxylic acids is 3. The number of rotatable bonds is 3. The van der Waals surface area contributed by atoms with Crippen molar-refractivity contribution in [2.24, 2.45) is 5.73 Å². The van der Waals surface area contributed by atoms with Gasteiger partial charge in [-0.2, -0.15) is 0 Å². The summed E-state index contributed by atoms with van der Waals surface area (Å²) < 4.78 is 0. The maximum Gasteiger partial charge on any atom is 0.317 e. The van der Waals surface area contributed by atoms with Crippen LogP contribution in [0.15, 0.2) is 0 Å². The molecule has 0 radical (unpaired) electrons. The summed E-state index contributed by atoms with van der Waals surface area (Å²) in [5, 5.41) is 2.62. The van der Waals surface area contributed by atoms with Gasteiger partial charge < -0.3 is 20.9 Å². The lowest BCUT2D eigenvalue weighted by molar-refractivity contribution is -0.140. The summed E-state index contributed by atoms with van der Waals surface area (Å²) in [4.78, 5) is 38.5. The Bertz CT molecular complexity index is 393. The number of hydrogen-bond donors (Lipinski definition) is 2. The van der Waals surface area contributed by atoms with E-state index in [0.29, 0.717) is 13.0 Å². The first-order valence-electron chi connectivity index (χ1n) is 7.21. The van der Waals surface area contributed by atoms with Crippen LogP contribution < -0.4 is 11.1 Å². The molecule has 4 amide bonds. The largest absolute Gasteiger partial charge is 0.368 e. The Balaban J connectivity index is 1.83. The van der Waals surface area contributed by atoms with E-state index in [0.717, 1.165) is 38.8 Å². The summed E-state index contributed by atoms with van der Waals surface area (Å²) in [6, 6.07) is -0.733. The van der Waals surface area contributed by atoms with E-state index < -0.39 is 11.9 Å². The fourth-order valence-corrected chi connectivity index (χ4v) is 2.81. The Hall–Kier alpha value is -1.79. The molecule has 2 rings (SSSR count). The van der Waals surface area contributed by atoms with Gasteiger partial charge in [-0.15, -0.1) is 0 Å². The molecule has 3 N–H and O–H groups in total. The van der Waals surface area contributed by atoms with Gasteiger partial charge in [-0.3, -0.25) is 9.59 Å². The third-order valence-corrected chi connectivity index (χ3v) is 3.94. The van der Waals surface area contributed by atoms with Crippen LogP contribution in [0.5, 0.6) is 0 Å². The van der Waals surface area contributed by atoms with E-state index in [1.165, 1.54) is 4.90 Å². The van der Waals surface area contributed by atoms with Crippen LogP contribution in [0.2, 0.25) is 0 Å². The quantitative estimate of drug-likeness (QED) is 0.741. The molecule has 0 bridgehead atoms. The van der Waals surface area contributed by atoms with Gasteiger partial charge >= 0.3 is 6.03 Å². The molecule has 2 fully saturated rings. The number of hydrogen-bond acceptors (Lipinski definition) is 3. The highest BCUT2D eigenvalue weighted by molar-refractivity contribution is 5.89. The van der Waals surface area contributed by atoms with Crippen LogP contribution in [-0.4, -0.2) is 59.9 Å². The normalized spacial score (nSPS) is 22.7. The minimum Gasteiger partial charge on any atom is -0.368 e. The number of nitrogens with two attached hydrogens (primary N) is 1. The molecule has 0 aromatic heterocycles. The Labute approximate surface area is 118 Å². The molecule has 112 valence electrons. The van der Waals surface area contributed by atoms with Crippen LogP contribution in [0.25, 0.3) is 0 Å². The van der Waals surface area contributed by atoms with Crippen molar-refractivity contribution in [3.8, 4) is 0 Å². The molecule has 2 aliphatic rings. The van der Waals surface area contributed by atoms with Crippen LogP contribution in [-0.2, 0) is 9.59 Å². The third-order valence-electron chi connectivity index (χ3n) is 3.94. The molecule has 0 aliphatic carbocycles. The zero-order valence-electron chi connectivity index (χ0n) is 11.6. The molecule has 0 aromatic carbocycles. The smallest absolute Gasteiger partial charge is 0.317 e. The Morgan fingerprint density at radius 2 is 1.70 bits per heavy atom. The highest BCUT2D eigenvalue weighted by Crippen LogP contribution is 2.16. The maximum absolute atomic E-state index is 12.1. The number of urea groups is 1. The summed E-state index contributed by atoms with van der Waals surface area (Å²) in [7, 11) is 0.